The molecule has 1 aromatic heterocycles. The third-order valence-electron chi connectivity index (χ3n) is 4.36. The third-order valence-corrected chi connectivity index (χ3v) is 4.36. The molecule has 2 N–H and O–H groups in total. The summed E-state index contributed by atoms with van der Waals surface area (Å²) in [6.45, 7) is 2.12. The molecule has 106 valence electrons. The van der Waals surface area contributed by atoms with Crippen molar-refractivity contribution in [2.45, 2.75) is 51.5 Å². The maximum atomic E-state index is 6.21. The Morgan fingerprint density at radius 3 is 2.50 bits per heavy atom. The number of nitrogens with zero attached hydrogens (tertiary/aromatic N) is 2. The molecular formula is C17H23N3. The van der Waals surface area contributed by atoms with Crippen LogP contribution < -0.4 is 5.73 Å². The van der Waals surface area contributed by atoms with Gasteiger partial charge in [0.15, 0.2) is 0 Å². The van der Waals surface area contributed by atoms with Gasteiger partial charge < -0.3 is 5.73 Å². The van der Waals surface area contributed by atoms with Crippen LogP contribution in [0.25, 0.3) is 11.3 Å². The van der Waals surface area contributed by atoms with Gasteiger partial charge >= 0.3 is 0 Å². The Hall–Kier alpha value is -1.77. The van der Waals surface area contributed by atoms with Gasteiger partial charge in [-0.25, -0.2) is 4.68 Å². The summed E-state index contributed by atoms with van der Waals surface area (Å²) in [5.74, 6) is 0.801. The topological polar surface area (TPSA) is 43.8 Å². The van der Waals surface area contributed by atoms with Crippen LogP contribution in [-0.4, -0.2) is 9.78 Å². The minimum absolute atomic E-state index is 0.482. The second-order valence-corrected chi connectivity index (χ2v) is 5.86. The maximum Gasteiger partial charge on any atom is 0.122 e. The highest BCUT2D eigenvalue weighted by Crippen LogP contribution is 2.31. The van der Waals surface area contributed by atoms with Crippen LogP contribution in [0.2, 0.25) is 0 Å². The van der Waals surface area contributed by atoms with Gasteiger partial charge in [0.25, 0.3) is 0 Å². The number of rotatable bonds is 2. The van der Waals surface area contributed by atoms with Crippen molar-refractivity contribution in [2.24, 2.45) is 0 Å². The monoisotopic (exact) mass is 269 g/mol. The second kappa shape index (κ2) is 5.70. The molecule has 0 bridgehead atoms. The minimum Gasteiger partial charge on any atom is -0.384 e. The van der Waals surface area contributed by atoms with Gasteiger partial charge in [0.1, 0.15) is 5.82 Å². The zero-order valence-corrected chi connectivity index (χ0v) is 12.2. The predicted octanol–water partition coefficient (Wildman–Crippen LogP) is 4.34. The van der Waals surface area contributed by atoms with Crippen LogP contribution in [-0.2, 0) is 0 Å². The molecule has 1 saturated carbocycles. The zero-order chi connectivity index (χ0) is 13.9. The van der Waals surface area contributed by atoms with Crippen molar-refractivity contribution in [2.75, 3.05) is 5.73 Å². The van der Waals surface area contributed by atoms with E-state index in [9.17, 15) is 0 Å². The van der Waals surface area contributed by atoms with Crippen molar-refractivity contribution in [1.29, 1.82) is 0 Å². The van der Waals surface area contributed by atoms with Crippen LogP contribution in [0, 0.1) is 6.92 Å². The first-order valence-electron chi connectivity index (χ1n) is 7.67. The van der Waals surface area contributed by atoms with Crippen molar-refractivity contribution in [3.05, 3.63) is 35.9 Å². The van der Waals surface area contributed by atoms with E-state index in [4.69, 9.17) is 10.8 Å². The van der Waals surface area contributed by atoms with Crippen molar-refractivity contribution in [3.63, 3.8) is 0 Å². The summed E-state index contributed by atoms with van der Waals surface area (Å²) in [4.78, 5) is 0. The van der Waals surface area contributed by atoms with Gasteiger partial charge in [-0.3, -0.25) is 0 Å². The Balaban J connectivity index is 1.92. The highest BCUT2D eigenvalue weighted by atomic mass is 15.3. The lowest BCUT2D eigenvalue weighted by Gasteiger charge is -2.16. The third kappa shape index (κ3) is 2.58. The SMILES string of the molecule is Cc1ccccc1-c1cc(N)n(C2CCCCCC2)n1. The molecular weight excluding hydrogens is 246 g/mol. The van der Waals surface area contributed by atoms with E-state index in [1.807, 2.05) is 6.07 Å². The summed E-state index contributed by atoms with van der Waals surface area (Å²) >= 11 is 0. The average molecular weight is 269 g/mol. The number of hydrogen-bond acceptors (Lipinski definition) is 2. The normalized spacial score (nSPS) is 17.1. The smallest absolute Gasteiger partial charge is 0.122 e. The lowest BCUT2D eigenvalue weighted by atomic mass is 10.1. The summed E-state index contributed by atoms with van der Waals surface area (Å²) in [7, 11) is 0. The highest BCUT2D eigenvalue weighted by molar-refractivity contribution is 5.65. The molecule has 3 nitrogen and oxygen atoms in total. The summed E-state index contributed by atoms with van der Waals surface area (Å²) in [5.41, 5.74) is 9.65. The Morgan fingerprint density at radius 2 is 1.80 bits per heavy atom. The lowest BCUT2D eigenvalue weighted by molar-refractivity contribution is 0.412. The molecule has 20 heavy (non-hydrogen) atoms. The van der Waals surface area contributed by atoms with E-state index >= 15 is 0 Å². The van der Waals surface area contributed by atoms with Crippen LogP contribution in [0.15, 0.2) is 30.3 Å². The van der Waals surface area contributed by atoms with E-state index in [1.54, 1.807) is 0 Å². The molecule has 0 aliphatic heterocycles. The first kappa shape index (κ1) is 13.2. The summed E-state index contributed by atoms with van der Waals surface area (Å²) in [6.07, 6.45) is 7.70. The fraction of sp³-hybridized carbons (Fsp3) is 0.471. The van der Waals surface area contributed by atoms with Crippen LogP contribution in [0.4, 0.5) is 5.82 Å². The van der Waals surface area contributed by atoms with E-state index in [2.05, 4.69) is 35.9 Å². The van der Waals surface area contributed by atoms with E-state index in [1.165, 1.54) is 49.7 Å². The molecule has 3 rings (SSSR count). The molecule has 0 atom stereocenters. The van der Waals surface area contributed by atoms with E-state index in [0.29, 0.717) is 6.04 Å². The molecule has 1 fully saturated rings. The molecule has 0 spiro atoms. The Morgan fingerprint density at radius 1 is 1.10 bits per heavy atom. The average Bonchev–Trinajstić information content (AvgIpc) is 2.66. The summed E-state index contributed by atoms with van der Waals surface area (Å²) < 4.78 is 2.06. The van der Waals surface area contributed by atoms with Gasteiger partial charge in [0.2, 0.25) is 0 Å². The molecule has 0 unspecified atom stereocenters. The van der Waals surface area contributed by atoms with Crippen molar-refractivity contribution in [3.8, 4) is 11.3 Å². The van der Waals surface area contributed by atoms with E-state index < -0.39 is 0 Å². The minimum atomic E-state index is 0.482. The standard InChI is InChI=1S/C17H23N3/c1-13-8-6-7-11-15(13)16-12-17(18)20(19-16)14-9-4-2-3-5-10-14/h6-8,11-12,14H,2-5,9-10,18H2,1H3. The highest BCUT2D eigenvalue weighted by Gasteiger charge is 2.18. The van der Waals surface area contributed by atoms with Gasteiger partial charge in [0.05, 0.1) is 11.7 Å². The number of nitrogens with two attached hydrogens (primary N) is 1. The lowest BCUT2D eigenvalue weighted by Crippen LogP contribution is -2.12. The molecule has 0 saturated heterocycles. The fourth-order valence-corrected chi connectivity index (χ4v) is 3.20. The Labute approximate surface area is 120 Å². The summed E-state index contributed by atoms with van der Waals surface area (Å²) in [5, 5.41) is 4.80. The van der Waals surface area contributed by atoms with Gasteiger partial charge in [-0.05, 0) is 25.3 Å². The second-order valence-electron chi connectivity index (χ2n) is 5.86. The molecule has 1 aliphatic rings. The number of hydrogen-bond donors (Lipinski definition) is 1. The predicted molar refractivity (Wildman–Crippen MR) is 83.6 cm³/mol. The number of aromatic nitrogens is 2. The first-order valence-corrected chi connectivity index (χ1v) is 7.67. The molecule has 1 heterocycles. The van der Waals surface area contributed by atoms with Crippen LogP contribution in [0.5, 0.6) is 0 Å². The van der Waals surface area contributed by atoms with Gasteiger partial charge in [-0.1, -0.05) is 49.9 Å². The fourth-order valence-electron chi connectivity index (χ4n) is 3.20. The van der Waals surface area contributed by atoms with Crippen molar-refractivity contribution in [1.82, 2.24) is 9.78 Å². The Kier molecular flexibility index (Phi) is 3.77. The largest absolute Gasteiger partial charge is 0.384 e. The first-order chi connectivity index (χ1) is 9.75. The zero-order valence-electron chi connectivity index (χ0n) is 12.2. The molecule has 1 aliphatic carbocycles. The quantitative estimate of drug-likeness (QED) is 0.824. The van der Waals surface area contributed by atoms with Crippen LogP contribution in [0.1, 0.15) is 50.1 Å². The van der Waals surface area contributed by atoms with E-state index in [-0.39, 0.29) is 0 Å². The van der Waals surface area contributed by atoms with Crippen molar-refractivity contribution >= 4 is 5.82 Å². The molecule has 0 amide bonds. The molecule has 2 aromatic rings. The Bertz CT molecular complexity index is 578. The van der Waals surface area contributed by atoms with Gasteiger partial charge in [0, 0.05) is 11.6 Å². The number of anilines is 1. The number of benzene rings is 1. The van der Waals surface area contributed by atoms with Gasteiger partial charge in [-0.15, -0.1) is 0 Å². The molecule has 3 heteroatoms. The number of aryl methyl sites for hydroxylation is 1. The summed E-state index contributed by atoms with van der Waals surface area (Å²) in [6, 6.07) is 10.9. The molecule has 0 radical (unpaired) electrons. The maximum absolute atomic E-state index is 6.21. The van der Waals surface area contributed by atoms with E-state index in [0.717, 1.165) is 11.5 Å². The number of nitrogen functional groups attached to an aromatic ring is 1. The van der Waals surface area contributed by atoms with Crippen molar-refractivity contribution < 1.29 is 0 Å². The molecule has 1 aromatic carbocycles. The van der Waals surface area contributed by atoms with Crippen LogP contribution in [0.3, 0.4) is 0 Å². The van der Waals surface area contributed by atoms with Gasteiger partial charge in [-0.2, -0.15) is 5.10 Å². The van der Waals surface area contributed by atoms with Crippen LogP contribution >= 0.6 is 0 Å².